The number of rotatable bonds is 8. The first-order chi connectivity index (χ1) is 8.08. The molecule has 0 radical (unpaired) electrons. The van der Waals surface area contributed by atoms with Crippen LogP contribution in [0.3, 0.4) is 0 Å². The summed E-state index contributed by atoms with van der Waals surface area (Å²) in [6, 6.07) is 0. The standard InChI is InChI=1S/C11H20N2O3S/c1-3-4-5-6-7-8-12-17(14,15)11-9-16-13-10(11)2/h9,12H,3-8H2,1-2H3. The van der Waals surface area contributed by atoms with E-state index in [0.29, 0.717) is 12.2 Å². The van der Waals surface area contributed by atoms with E-state index in [-0.39, 0.29) is 4.90 Å². The first-order valence-electron chi connectivity index (χ1n) is 5.98. The van der Waals surface area contributed by atoms with Crippen molar-refractivity contribution in [2.75, 3.05) is 6.54 Å². The molecular weight excluding hydrogens is 240 g/mol. The summed E-state index contributed by atoms with van der Waals surface area (Å²) in [7, 11) is -3.45. The number of nitrogens with zero attached hydrogens (tertiary/aromatic N) is 1. The van der Waals surface area contributed by atoms with E-state index in [1.165, 1.54) is 12.8 Å². The zero-order valence-corrected chi connectivity index (χ0v) is 11.2. The molecule has 1 rings (SSSR count). The third kappa shape index (κ3) is 4.47. The number of hydrogen-bond acceptors (Lipinski definition) is 4. The maximum absolute atomic E-state index is 11.8. The summed E-state index contributed by atoms with van der Waals surface area (Å²) in [5.41, 5.74) is 0.392. The Bertz CT molecular complexity index is 426. The quantitative estimate of drug-likeness (QED) is 0.727. The second-order valence-electron chi connectivity index (χ2n) is 4.08. The van der Waals surface area contributed by atoms with Gasteiger partial charge in [-0.25, -0.2) is 13.1 Å². The van der Waals surface area contributed by atoms with E-state index in [9.17, 15) is 8.42 Å². The lowest BCUT2D eigenvalue weighted by Crippen LogP contribution is -2.25. The first kappa shape index (κ1) is 14.2. The average Bonchev–Trinajstić information content (AvgIpc) is 2.70. The van der Waals surface area contributed by atoms with Gasteiger partial charge in [0.15, 0.2) is 0 Å². The van der Waals surface area contributed by atoms with E-state index in [1.54, 1.807) is 6.92 Å². The molecule has 0 spiro atoms. The molecular formula is C11H20N2O3S. The van der Waals surface area contributed by atoms with Gasteiger partial charge in [-0.2, -0.15) is 0 Å². The molecule has 98 valence electrons. The summed E-state index contributed by atoms with van der Waals surface area (Å²) >= 11 is 0. The van der Waals surface area contributed by atoms with Crippen LogP contribution in [0, 0.1) is 6.92 Å². The second-order valence-corrected chi connectivity index (χ2v) is 5.81. The molecule has 0 aliphatic rings. The van der Waals surface area contributed by atoms with E-state index in [0.717, 1.165) is 25.5 Å². The second kappa shape index (κ2) is 6.76. The molecule has 6 heteroatoms. The van der Waals surface area contributed by atoms with Gasteiger partial charge in [-0.15, -0.1) is 0 Å². The number of hydrogen-bond donors (Lipinski definition) is 1. The van der Waals surface area contributed by atoms with Gasteiger partial charge in [-0.05, 0) is 13.3 Å². The number of aromatic nitrogens is 1. The van der Waals surface area contributed by atoms with Crippen LogP contribution in [0.4, 0.5) is 0 Å². The van der Waals surface area contributed by atoms with Gasteiger partial charge >= 0.3 is 0 Å². The minimum absolute atomic E-state index is 0.131. The van der Waals surface area contributed by atoms with Crippen LogP contribution < -0.4 is 4.72 Å². The lowest BCUT2D eigenvalue weighted by atomic mass is 10.2. The van der Waals surface area contributed by atoms with Crippen molar-refractivity contribution in [3.8, 4) is 0 Å². The smallest absolute Gasteiger partial charge is 0.245 e. The predicted molar refractivity (Wildman–Crippen MR) is 65.2 cm³/mol. The molecule has 0 aliphatic heterocycles. The van der Waals surface area contributed by atoms with Gasteiger partial charge in [-0.1, -0.05) is 37.8 Å². The average molecular weight is 260 g/mol. The van der Waals surface area contributed by atoms with Crippen molar-refractivity contribution in [1.82, 2.24) is 9.88 Å². The Balaban J connectivity index is 2.34. The van der Waals surface area contributed by atoms with Gasteiger partial charge in [0.05, 0.1) is 0 Å². The molecule has 17 heavy (non-hydrogen) atoms. The Morgan fingerprint density at radius 1 is 1.29 bits per heavy atom. The van der Waals surface area contributed by atoms with Crippen LogP contribution in [0.15, 0.2) is 15.7 Å². The van der Waals surface area contributed by atoms with Crippen molar-refractivity contribution in [2.45, 2.75) is 50.8 Å². The molecule has 1 N–H and O–H groups in total. The molecule has 0 amide bonds. The molecule has 0 aliphatic carbocycles. The van der Waals surface area contributed by atoms with Crippen LogP contribution >= 0.6 is 0 Å². The normalized spacial score (nSPS) is 11.9. The fourth-order valence-corrected chi connectivity index (χ4v) is 2.72. The monoisotopic (exact) mass is 260 g/mol. The first-order valence-corrected chi connectivity index (χ1v) is 7.47. The lowest BCUT2D eigenvalue weighted by molar-refractivity contribution is 0.413. The number of aryl methyl sites for hydroxylation is 1. The molecule has 0 saturated heterocycles. The van der Waals surface area contributed by atoms with Crippen LogP contribution in [0.1, 0.15) is 44.7 Å². The fourth-order valence-electron chi connectivity index (χ4n) is 1.55. The van der Waals surface area contributed by atoms with Gasteiger partial charge in [0.2, 0.25) is 10.0 Å². The van der Waals surface area contributed by atoms with Crippen molar-refractivity contribution < 1.29 is 12.9 Å². The molecule has 5 nitrogen and oxygen atoms in total. The van der Waals surface area contributed by atoms with E-state index in [1.807, 2.05) is 0 Å². The third-order valence-electron chi connectivity index (χ3n) is 2.57. The van der Waals surface area contributed by atoms with E-state index >= 15 is 0 Å². The van der Waals surface area contributed by atoms with E-state index < -0.39 is 10.0 Å². The SMILES string of the molecule is CCCCCCCNS(=O)(=O)c1conc1C. The number of sulfonamides is 1. The Kier molecular flexibility index (Phi) is 5.64. The predicted octanol–water partition coefficient (Wildman–Crippen LogP) is 2.23. The molecule has 1 aromatic rings. The Morgan fingerprint density at radius 3 is 2.59 bits per heavy atom. The minimum atomic E-state index is -3.45. The maximum atomic E-state index is 11.8. The molecule has 0 saturated carbocycles. The highest BCUT2D eigenvalue weighted by atomic mass is 32.2. The van der Waals surface area contributed by atoms with Crippen LogP contribution in [0.5, 0.6) is 0 Å². The summed E-state index contributed by atoms with van der Waals surface area (Å²) in [5.74, 6) is 0. The summed E-state index contributed by atoms with van der Waals surface area (Å²) < 4.78 is 30.8. The molecule has 0 aromatic carbocycles. The molecule has 1 heterocycles. The van der Waals surface area contributed by atoms with Gasteiger partial charge in [0, 0.05) is 6.54 Å². The molecule has 1 aromatic heterocycles. The van der Waals surface area contributed by atoms with E-state index in [2.05, 4.69) is 21.3 Å². The molecule has 0 atom stereocenters. The zero-order valence-electron chi connectivity index (χ0n) is 10.4. The van der Waals surface area contributed by atoms with Gasteiger partial charge in [0.25, 0.3) is 0 Å². The number of unbranched alkanes of at least 4 members (excludes halogenated alkanes) is 4. The lowest BCUT2D eigenvalue weighted by Gasteiger charge is -2.04. The highest BCUT2D eigenvalue weighted by molar-refractivity contribution is 7.89. The van der Waals surface area contributed by atoms with Crippen molar-refractivity contribution in [1.29, 1.82) is 0 Å². The van der Waals surface area contributed by atoms with Gasteiger partial charge in [-0.3, -0.25) is 0 Å². The topological polar surface area (TPSA) is 72.2 Å². The summed E-state index contributed by atoms with van der Waals surface area (Å²) in [4.78, 5) is 0.131. The fraction of sp³-hybridized carbons (Fsp3) is 0.727. The molecule has 0 fully saturated rings. The number of nitrogens with one attached hydrogen (secondary N) is 1. The maximum Gasteiger partial charge on any atom is 0.245 e. The highest BCUT2D eigenvalue weighted by Gasteiger charge is 2.19. The van der Waals surface area contributed by atoms with Crippen molar-refractivity contribution in [2.24, 2.45) is 0 Å². The van der Waals surface area contributed by atoms with Crippen LogP contribution in [0.25, 0.3) is 0 Å². The van der Waals surface area contributed by atoms with Crippen LogP contribution in [-0.2, 0) is 10.0 Å². The van der Waals surface area contributed by atoms with E-state index in [4.69, 9.17) is 0 Å². The van der Waals surface area contributed by atoms with Gasteiger partial charge < -0.3 is 4.52 Å². The Morgan fingerprint density at radius 2 is 2.00 bits per heavy atom. The minimum Gasteiger partial charge on any atom is -0.363 e. The van der Waals surface area contributed by atoms with Gasteiger partial charge in [0.1, 0.15) is 16.9 Å². The summed E-state index contributed by atoms with van der Waals surface area (Å²) in [5, 5.41) is 3.56. The summed E-state index contributed by atoms with van der Waals surface area (Å²) in [6.45, 7) is 4.23. The van der Waals surface area contributed by atoms with Crippen LogP contribution in [0.2, 0.25) is 0 Å². The summed E-state index contributed by atoms with van der Waals surface area (Å²) in [6.07, 6.45) is 6.63. The van der Waals surface area contributed by atoms with Crippen LogP contribution in [-0.4, -0.2) is 20.1 Å². The Hall–Kier alpha value is -0.880. The zero-order chi connectivity index (χ0) is 12.7. The Labute approximate surface area is 103 Å². The molecule has 0 bridgehead atoms. The molecule has 0 unspecified atom stereocenters. The largest absolute Gasteiger partial charge is 0.363 e. The van der Waals surface area contributed by atoms with Crippen molar-refractivity contribution >= 4 is 10.0 Å². The third-order valence-corrected chi connectivity index (χ3v) is 4.12. The van der Waals surface area contributed by atoms with Crippen molar-refractivity contribution in [3.05, 3.63) is 12.0 Å². The highest BCUT2D eigenvalue weighted by Crippen LogP contribution is 2.12. The van der Waals surface area contributed by atoms with Crippen molar-refractivity contribution in [3.63, 3.8) is 0 Å².